The molecule has 1 atom stereocenters. The number of ether oxygens (including phenoxy) is 1. The molecule has 0 spiro atoms. The number of unbranched alkanes of at least 4 members (excludes halogenated alkanes) is 3. The number of hydrogen-bond acceptors (Lipinski definition) is 5. The first-order valence-electron chi connectivity index (χ1n) is 16.4. The summed E-state index contributed by atoms with van der Waals surface area (Å²) in [6.07, 6.45) is 18.6. The fourth-order valence-electron chi connectivity index (χ4n) is 5.41. The van der Waals surface area contributed by atoms with Crippen molar-refractivity contribution < 1.29 is 19.1 Å². The molecule has 0 aromatic heterocycles. The first kappa shape index (κ1) is 37.5. The first-order valence-corrected chi connectivity index (χ1v) is 18.3. The smallest absolute Gasteiger partial charge is 0.398 e. The van der Waals surface area contributed by atoms with Gasteiger partial charge >= 0.3 is 11.7 Å². The van der Waals surface area contributed by atoms with Crippen LogP contribution in [0.25, 0.3) is 4.98 Å². The Morgan fingerprint density at radius 2 is 1.56 bits per heavy atom. The summed E-state index contributed by atoms with van der Waals surface area (Å²) < 4.78 is 12.3. The molecule has 0 aliphatic rings. The van der Waals surface area contributed by atoms with Gasteiger partial charge in [0.25, 0.3) is 8.32 Å². The molecule has 0 aliphatic heterocycles. The predicted octanol–water partition coefficient (Wildman–Crippen LogP) is 9.32. The summed E-state index contributed by atoms with van der Waals surface area (Å²) >= 11 is 0. The third-order valence-electron chi connectivity index (χ3n) is 7.68. The fraction of sp³-hybridized carbons (Fsp3) is 0.447. The highest BCUT2D eigenvalue weighted by Gasteiger charge is 2.51. The molecule has 0 fully saturated rings. The van der Waals surface area contributed by atoms with Crippen LogP contribution in [0.1, 0.15) is 92.4 Å². The third kappa shape index (κ3) is 12.3. The van der Waals surface area contributed by atoms with E-state index in [1.165, 1.54) is 19.3 Å². The molecule has 0 bridgehead atoms. The summed E-state index contributed by atoms with van der Waals surface area (Å²) in [5, 5.41) is 23.0. The maximum atomic E-state index is 11.8. The van der Waals surface area contributed by atoms with Crippen LogP contribution >= 0.6 is 0 Å². The Kier molecular flexibility index (Phi) is 16.9. The highest BCUT2D eigenvalue weighted by Crippen LogP contribution is 2.38. The van der Waals surface area contributed by atoms with Crippen molar-refractivity contribution in [2.24, 2.45) is 0 Å². The lowest BCUT2D eigenvalue weighted by atomic mass is 10.1. The number of diazo groups is 1. The minimum Gasteiger partial charge on any atom is -0.505 e. The van der Waals surface area contributed by atoms with Gasteiger partial charge in [-0.3, -0.25) is 4.79 Å². The standard InChI is InChI=1S/C38H52N2O4Si/c1-6-8-9-10-11-12-13-14-15-18-24-32(31-36(41)35(40-39)29-23-30-37(42)43-7-2)44-45(38(3,4)5,33-25-19-16-20-26-33)34-27-21-17-22-28-34/h11-12,14-22,24-28,32H,6-10,13,23,29-31H2,1-5H3/p+1/b12-11-,15-14-,24-18+,36-35-. The van der Waals surface area contributed by atoms with Crippen LogP contribution in [0.2, 0.25) is 5.04 Å². The molecule has 0 saturated heterocycles. The number of carbonyl (C=O) groups excluding carboxylic acids is 1. The van der Waals surface area contributed by atoms with Crippen LogP contribution in [-0.2, 0) is 14.0 Å². The average Bonchev–Trinajstić information content (AvgIpc) is 3.03. The normalized spacial score (nSPS) is 13.7. The van der Waals surface area contributed by atoms with Gasteiger partial charge in [-0.2, -0.15) is 0 Å². The maximum absolute atomic E-state index is 11.8. The van der Waals surface area contributed by atoms with Gasteiger partial charge in [0.2, 0.25) is 5.39 Å². The molecule has 6 nitrogen and oxygen atoms in total. The number of aliphatic hydroxyl groups is 1. The zero-order valence-corrected chi connectivity index (χ0v) is 29.0. The van der Waals surface area contributed by atoms with Crippen LogP contribution in [0.4, 0.5) is 0 Å². The van der Waals surface area contributed by atoms with Crippen molar-refractivity contribution in [1.82, 2.24) is 0 Å². The molecule has 242 valence electrons. The summed E-state index contributed by atoms with van der Waals surface area (Å²) in [4.78, 5) is 15.2. The van der Waals surface area contributed by atoms with Gasteiger partial charge in [-0.1, -0.05) is 138 Å². The molecule has 2 aromatic rings. The molecule has 0 saturated carbocycles. The molecule has 0 aliphatic carbocycles. The third-order valence-corrected chi connectivity index (χ3v) is 12.7. The van der Waals surface area contributed by atoms with Gasteiger partial charge in [0, 0.05) is 12.8 Å². The van der Waals surface area contributed by atoms with Gasteiger partial charge in [0.15, 0.2) is 10.7 Å². The maximum Gasteiger partial charge on any atom is 0.398 e. The van der Waals surface area contributed by atoms with E-state index in [2.05, 4.69) is 75.2 Å². The van der Waals surface area contributed by atoms with Gasteiger partial charge < -0.3 is 14.3 Å². The van der Waals surface area contributed by atoms with E-state index in [0.29, 0.717) is 13.0 Å². The Morgan fingerprint density at radius 1 is 0.911 bits per heavy atom. The number of hydrogen-bond donors (Lipinski definition) is 1. The summed E-state index contributed by atoms with van der Waals surface area (Å²) in [6.45, 7) is 10.9. The van der Waals surface area contributed by atoms with Crippen LogP contribution in [0.15, 0.2) is 109 Å². The van der Waals surface area contributed by atoms with E-state index in [9.17, 15) is 15.3 Å². The minimum atomic E-state index is -2.95. The molecule has 1 unspecified atom stereocenters. The monoisotopic (exact) mass is 629 g/mol. The van der Waals surface area contributed by atoms with Crippen molar-refractivity contribution in [2.75, 3.05) is 6.61 Å². The molecular weight excluding hydrogens is 577 g/mol. The molecule has 7 heteroatoms. The summed E-state index contributed by atoms with van der Waals surface area (Å²) in [7, 11) is -2.95. The van der Waals surface area contributed by atoms with E-state index >= 15 is 0 Å². The molecule has 1 N–H and O–H groups in total. The Balaban J connectivity index is 2.45. The van der Waals surface area contributed by atoms with Crippen molar-refractivity contribution in [3.05, 3.63) is 114 Å². The Labute approximate surface area is 272 Å². The lowest BCUT2D eigenvalue weighted by molar-refractivity contribution is -0.143. The molecular formula is C38H53N2O4Si+. The zero-order valence-electron chi connectivity index (χ0n) is 28.0. The number of rotatable bonds is 19. The van der Waals surface area contributed by atoms with E-state index < -0.39 is 14.4 Å². The minimum absolute atomic E-state index is 0.0621. The van der Waals surface area contributed by atoms with Crippen molar-refractivity contribution in [3.63, 3.8) is 0 Å². The highest BCUT2D eigenvalue weighted by molar-refractivity contribution is 6.99. The van der Waals surface area contributed by atoms with Crippen molar-refractivity contribution >= 4 is 24.7 Å². The van der Waals surface area contributed by atoms with E-state index in [4.69, 9.17) is 9.16 Å². The van der Waals surface area contributed by atoms with E-state index in [1.807, 2.05) is 54.6 Å². The average molecular weight is 630 g/mol. The number of carbonyl (C=O) groups is 1. The van der Waals surface area contributed by atoms with Gasteiger partial charge in [-0.15, -0.1) is 0 Å². The van der Waals surface area contributed by atoms with Gasteiger partial charge in [-0.25, -0.2) is 0 Å². The number of nitrogens with zero attached hydrogens (tertiary/aromatic N) is 2. The van der Waals surface area contributed by atoms with Crippen molar-refractivity contribution in [1.29, 1.82) is 5.39 Å². The van der Waals surface area contributed by atoms with Gasteiger partial charge in [0.1, 0.15) is 0 Å². The number of allylic oxidation sites excluding steroid dienone is 6. The number of benzene rings is 2. The van der Waals surface area contributed by atoms with Crippen molar-refractivity contribution in [2.45, 2.75) is 104 Å². The molecule has 2 rings (SSSR count). The highest BCUT2D eigenvalue weighted by atomic mass is 28.4. The topological polar surface area (TPSA) is 83.9 Å². The second kappa shape index (κ2) is 20.3. The van der Waals surface area contributed by atoms with E-state index in [0.717, 1.165) is 23.2 Å². The zero-order chi connectivity index (χ0) is 33.0. The molecule has 0 heterocycles. The first-order chi connectivity index (χ1) is 21.7. The van der Waals surface area contributed by atoms with Gasteiger partial charge in [-0.05, 0) is 48.0 Å². The predicted molar refractivity (Wildman–Crippen MR) is 189 cm³/mol. The molecule has 2 aromatic carbocycles. The molecule has 0 radical (unpaired) electrons. The number of esters is 1. The van der Waals surface area contributed by atoms with Crippen LogP contribution in [0.5, 0.6) is 0 Å². The lowest BCUT2D eigenvalue weighted by Gasteiger charge is -2.44. The van der Waals surface area contributed by atoms with Crippen LogP contribution in [0, 0.1) is 5.39 Å². The molecule has 0 amide bonds. The largest absolute Gasteiger partial charge is 0.505 e. The Bertz CT molecular complexity index is 1270. The number of aliphatic hydroxyl groups excluding tert-OH is 1. The second-order valence-corrected chi connectivity index (χ2v) is 16.4. The second-order valence-electron chi connectivity index (χ2n) is 12.2. The summed E-state index contributed by atoms with van der Waals surface area (Å²) in [6, 6.07) is 20.7. The Morgan fingerprint density at radius 3 is 2.11 bits per heavy atom. The summed E-state index contributed by atoms with van der Waals surface area (Å²) in [5.74, 6) is -0.374. The van der Waals surface area contributed by atoms with E-state index in [1.54, 1.807) is 6.92 Å². The quantitative estimate of drug-likeness (QED) is 0.0318. The van der Waals surface area contributed by atoms with Gasteiger partial charge in [0.05, 0.1) is 19.1 Å². The Hall–Kier alpha value is -3.73. The lowest BCUT2D eigenvalue weighted by Crippen LogP contribution is -2.67. The van der Waals surface area contributed by atoms with Crippen LogP contribution in [0.3, 0.4) is 0 Å². The summed E-state index contributed by atoms with van der Waals surface area (Å²) in [5.41, 5.74) is 0.146. The molecule has 45 heavy (non-hydrogen) atoms. The fourth-order valence-corrected chi connectivity index (χ4v) is 10.0. The van der Waals surface area contributed by atoms with E-state index in [-0.39, 0.29) is 41.7 Å². The van der Waals surface area contributed by atoms with Crippen LogP contribution < -0.4 is 10.4 Å². The van der Waals surface area contributed by atoms with Crippen LogP contribution in [-0.4, -0.2) is 32.1 Å². The van der Waals surface area contributed by atoms with Crippen molar-refractivity contribution in [3.8, 4) is 0 Å². The SMILES string of the molecule is CCCCC/C=C\C/C=C\C=C\C(C/C(O)=C(\CCCC(=O)OCC)[N+]#N)O[Si](c1ccccc1)(c1ccccc1)C(C)(C)C.